The van der Waals surface area contributed by atoms with E-state index in [9.17, 15) is 9.59 Å². The summed E-state index contributed by atoms with van der Waals surface area (Å²) in [6, 6.07) is 6.32. The molecule has 5 nitrogen and oxygen atoms in total. The molecule has 1 amide bonds. The maximum atomic E-state index is 12.5. The second kappa shape index (κ2) is 6.28. The number of hydrogen-bond acceptors (Lipinski definition) is 3. The summed E-state index contributed by atoms with van der Waals surface area (Å²) < 4.78 is 5.51. The van der Waals surface area contributed by atoms with Gasteiger partial charge in [0.1, 0.15) is 12.0 Å². The molecule has 0 saturated heterocycles. The molecule has 1 aromatic heterocycles. The van der Waals surface area contributed by atoms with Crippen molar-refractivity contribution in [3.8, 4) is 0 Å². The van der Waals surface area contributed by atoms with Crippen molar-refractivity contribution in [3.05, 3.63) is 58.5 Å². The number of carboxylic acid groups (broad SMARTS) is 1. The number of furan rings is 1. The van der Waals surface area contributed by atoms with E-state index < -0.39 is 5.97 Å². The number of hydrogen-bond donors (Lipinski definition) is 2. The Hall–Kier alpha value is -2.56. The highest BCUT2D eigenvalue weighted by molar-refractivity contribution is 5.96. The number of rotatable bonds is 4. The molecule has 1 heterocycles. The Morgan fingerprint density at radius 1 is 1.17 bits per heavy atom. The summed E-state index contributed by atoms with van der Waals surface area (Å²) >= 11 is 0. The third-order valence-electron chi connectivity index (χ3n) is 4.31. The maximum Gasteiger partial charge on any atom is 0.335 e. The second-order valence-corrected chi connectivity index (χ2v) is 5.88. The lowest BCUT2D eigenvalue weighted by molar-refractivity contribution is 0.0696. The predicted molar refractivity (Wildman–Crippen MR) is 84.6 cm³/mol. The van der Waals surface area contributed by atoms with Gasteiger partial charge >= 0.3 is 5.97 Å². The molecule has 0 aliphatic heterocycles. The highest BCUT2D eigenvalue weighted by Crippen LogP contribution is 2.26. The fraction of sp³-hybridized carbons (Fsp3) is 0.333. The van der Waals surface area contributed by atoms with Crippen molar-refractivity contribution in [2.45, 2.75) is 38.6 Å². The largest absolute Gasteiger partial charge is 0.478 e. The minimum absolute atomic E-state index is 0.147. The number of carbonyl (C=O) groups is 2. The van der Waals surface area contributed by atoms with E-state index >= 15 is 0 Å². The summed E-state index contributed by atoms with van der Waals surface area (Å²) in [5.74, 6) is -0.176. The minimum Gasteiger partial charge on any atom is -0.478 e. The first-order valence-electron chi connectivity index (χ1n) is 7.79. The monoisotopic (exact) mass is 313 g/mol. The van der Waals surface area contributed by atoms with Crippen molar-refractivity contribution in [1.82, 2.24) is 5.32 Å². The van der Waals surface area contributed by atoms with Crippen LogP contribution >= 0.6 is 0 Å². The molecule has 23 heavy (non-hydrogen) atoms. The molecule has 0 saturated carbocycles. The van der Waals surface area contributed by atoms with Crippen molar-refractivity contribution in [2.24, 2.45) is 0 Å². The Bertz CT molecular complexity index is 730. The number of aromatic carboxylic acids is 1. The number of amides is 1. The van der Waals surface area contributed by atoms with Gasteiger partial charge in [-0.05, 0) is 43.9 Å². The summed E-state index contributed by atoms with van der Waals surface area (Å²) in [7, 11) is 0. The zero-order chi connectivity index (χ0) is 16.4. The maximum absolute atomic E-state index is 12.5. The molecular formula is C18H19NO4. The van der Waals surface area contributed by atoms with Gasteiger partial charge in [-0.25, -0.2) is 4.79 Å². The van der Waals surface area contributed by atoms with E-state index in [1.165, 1.54) is 0 Å². The van der Waals surface area contributed by atoms with Crippen LogP contribution in [0.25, 0.3) is 0 Å². The molecule has 2 aromatic rings. The Balaban J connectivity index is 1.72. The first-order chi connectivity index (χ1) is 11.1. The molecule has 1 atom stereocenters. The molecule has 2 N–H and O–H groups in total. The van der Waals surface area contributed by atoms with Gasteiger partial charge in [0.15, 0.2) is 0 Å². The smallest absolute Gasteiger partial charge is 0.335 e. The number of carbonyl (C=O) groups excluding carboxylic acids is 1. The molecular weight excluding hydrogens is 294 g/mol. The van der Waals surface area contributed by atoms with Crippen LogP contribution in [0, 0.1) is 0 Å². The van der Waals surface area contributed by atoms with Crippen molar-refractivity contribution in [3.63, 3.8) is 0 Å². The zero-order valence-electron chi connectivity index (χ0n) is 13.0. The van der Waals surface area contributed by atoms with Crippen LogP contribution in [0.2, 0.25) is 0 Å². The summed E-state index contributed by atoms with van der Waals surface area (Å²) in [6.07, 6.45) is 5.52. The van der Waals surface area contributed by atoms with E-state index in [4.69, 9.17) is 9.52 Å². The van der Waals surface area contributed by atoms with E-state index in [-0.39, 0.29) is 17.5 Å². The Morgan fingerprint density at radius 3 is 2.57 bits per heavy atom. The van der Waals surface area contributed by atoms with Crippen LogP contribution in [-0.2, 0) is 12.8 Å². The van der Waals surface area contributed by atoms with Gasteiger partial charge in [0, 0.05) is 12.0 Å². The van der Waals surface area contributed by atoms with Gasteiger partial charge in [0.25, 0.3) is 5.91 Å². The molecule has 0 bridgehead atoms. The van der Waals surface area contributed by atoms with Crippen molar-refractivity contribution < 1.29 is 19.1 Å². The Morgan fingerprint density at radius 2 is 1.87 bits per heavy atom. The Labute approximate surface area is 134 Å². The number of carboxylic acids is 1. The van der Waals surface area contributed by atoms with Crippen molar-refractivity contribution in [2.75, 3.05) is 0 Å². The molecule has 0 fully saturated rings. The summed E-state index contributed by atoms with van der Waals surface area (Å²) in [5.41, 5.74) is 2.74. The van der Waals surface area contributed by atoms with Gasteiger partial charge in [0.2, 0.25) is 0 Å². The van der Waals surface area contributed by atoms with E-state index in [0.717, 1.165) is 42.6 Å². The molecule has 1 aliphatic carbocycles. The minimum atomic E-state index is -0.960. The lowest BCUT2D eigenvalue weighted by Gasteiger charge is -2.15. The normalized spacial score (nSPS) is 14.8. The van der Waals surface area contributed by atoms with E-state index in [1.54, 1.807) is 30.5 Å². The standard InChI is InChI=1S/C18H19NO4/c1-11(12-6-8-13(9-7-12)18(21)22)19-17(20)15-10-23-16-5-3-2-4-14(15)16/h6-11H,2-5H2,1H3,(H,19,20)(H,21,22)/t11-/m0/s1. The van der Waals surface area contributed by atoms with Crippen molar-refractivity contribution in [1.29, 1.82) is 0 Å². The fourth-order valence-corrected chi connectivity index (χ4v) is 2.96. The molecule has 0 spiro atoms. The number of benzene rings is 1. The number of fused-ring (bicyclic) bond motifs is 1. The summed E-state index contributed by atoms with van der Waals surface area (Å²) in [6.45, 7) is 1.88. The first-order valence-corrected chi connectivity index (χ1v) is 7.79. The molecule has 1 aliphatic rings. The molecule has 5 heteroatoms. The van der Waals surface area contributed by atoms with Gasteiger partial charge in [-0.15, -0.1) is 0 Å². The van der Waals surface area contributed by atoms with E-state index in [1.807, 2.05) is 6.92 Å². The van der Waals surface area contributed by atoms with Gasteiger partial charge in [-0.3, -0.25) is 4.79 Å². The molecule has 3 rings (SSSR count). The Kier molecular flexibility index (Phi) is 4.19. The number of nitrogens with one attached hydrogen (secondary N) is 1. The third-order valence-corrected chi connectivity index (χ3v) is 4.31. The molecule has 0 unspecified atom stereocenters. The van der Waals surface area contributed by atoms with E-state index in [2.05, 4.69) is 5.32 Å². The quantitative estimate of drug-likeness (QED) is 0.907. The molecule has 1 aromatic carbocycles. The van der Waals surface area contributed by atoms with Crippen LogP contribution in [0.15, 0.2) is 34.9 Å². The van der Waals surface area contributed by atoms with Gasteiger partial charge < -0.3 is 14.8 Å². The number of aryl methyl sites for hydroxylation is 1. The van der Waals surface area contributed by atoms with Gasteiger partial charge in [-0.2, -0.15) is 0 Å². The van der Waals surface area contributed by atoms with Crippen molar-refractivity contribution >= 4 is 11.9 Å². The fourth-order valence-electron chi connectivity index (χ4n) is 2.96. The van der Waals surface area contributed by atoms with Gasteiger partial charge in [-0.1, -0.05) is 12.1 Å². The average Bonchev–Trinajstić information content (AvgIpc) is 2.99. The first kappa shape index (κ1) is 15.3. The summed E-state index contributed by atoms with van der Waals surface area (Å²) in [4.78, 5) is 23.3. The second-order valence-electron chi connectivity index (χ2n) is 5.88. The molecule has 120 valence electrons. The topological polar surface area (TPSA) is 79.5 Å². The van der Waals surface area contributed by atoms with Crippen LogP contribution in [-0.4, -0.2) is 17.0 Å². The highest BCUT2D eigenvalue weighted by Gasteiger charge is 2.22. The lowest BCUT2D eigenvalue weighted by Crippen LogP contribution is -2.27. The predicted octanol–water partition coefficient (Wildman–Crippen LogP) is 3.35. The van der Waals surface area contributed by atoms with Crippen LogP contribution in [0.5, 0.6) is 0 Å². The zero-order valence-corrected chi connectivity index (χ0v) is 13.0. The SMILES string of the molecule is C[C@H](NC(=O)c1coc2c1CCCC2)c1ccc(C(=O)O)cc1. The highest BCUT2D eigenvalue weighted by atomic mass is 16.4. The van der Waals surface area contributed by atoms with Crippen LogP contribution in [0.4, 0.5) is 0 Å². The van der Waals surface area contributed by atoms with Crippen LogP contribution < -0.4 is 5.32 Å². The van der Waals surface area contributed by atoms with Gasteiger partial charge in [0.05, 0.1) is 17.2 Å². The summed E-state index contributed by atoms with van der Waals surface area (Å²) in [5, 5.41) is 11.9. The van der Waals surface area contributed by atoms with Crippen LogP contribution in [0.3, 0.4) is 0 Å². The molecule has 0 radical (unpaired) electrons. The van der Waals surface area contributed by atoms with Crippen LogP contribution in [0.1, 0.15) is 63.4 Å². The van der Waals surface area contributed by atoms with E-state index in [0.29, 0.717) is 5.56 Å². The average molecular weight is 313 g/mol. The third kappa shape index (κ3) is 3.13. The lowest BCUT2D eigenvalue weighted by atomic mass is 9.95.